The van der Waals surface area contributed by atoms with Gasteiger partial charge in [-0.2, -0.15) is 0 Å². The van der Waals surface area contributed by atoms with Crippen molar-refractivity contribution in [1.29, 1.82) is 0 Å². The fourth-order valence-electron chi connectivity index (χ4n) is 1.92. The lowest BCUT2D eigenvalue weighted by molar-refractivity contribution is -0.119. The zero-order valence-electron chi connectivity index (χ0n) is 11.8. The van der Waals surface area contributed by atoms with Crippen LogP contribution in [-0.4, -0.2) is 11.7 Å². The Kier molecular flexibility index (Phi) is 5.80. The highest BCUT2D eigenvalue weighted by atomic mass is 35.5. The maximum absolute atomic E-state index is 13.6. The summed E-state index contributed by atoms with van der Waals surface area (Å²) < 4.78 is 26.5. The topological polar surface area (TPSA) is 29.1 Å². The molecule has 1 amide bonds. The molecule has 0 aliphatic heterocycles. The molecule has 0 saturated heterocycles. The first kappa shape index (κ1) is 16.8. The summed E-state index contributed by atoms with van der Waals surface area (Å²) in [6.45, 7) is 1.65. The second-order valence-corrected chi connectivity index (χ2v) is 6.10. The number of hydrogen-bond donors (Lipinski definition) is 1. The van der Waals surface area contributed by atoms with E-state index < -0.39 is 17.7 Å². The molecule has 0 saturated carbocycles. The van der Waals surface area contributed by atoms with E-state index >= 15 is 0 Å². The third-order valence-electron chi connectivity index (χ3n) is 3.00. The number of thioether (sulfide) groups is 1. The van der Waals surface area contributed by atoms with Gasteiger partial charge in [0.1, 0.15) is 11.6 Å². The molecule has 2 rings (SSSR count). The van der Waals surface area contributed by atoms with Crippen LogP contribution in [0.25, 0.3) is 0 Å². The van der Waals surface area contributed by atoms with E-state index in [4.69, 9.17) is 11.6 Å². The van der Waals surface area contributed by atoms with Crippen LogP contribution < -0.4 is 5.32 Å². The lowest BCUT2D eigenvalue weighted by Crippen LogP contribution is -2.28. The number of halogens is 3. The molecule has 1 N–H and O–H groups in total. The van der Waals surface area contributed by atoms with E-state index in [1.54, 1.807) is 13.0 Å². The maximum atomic E-state index is 13.6. The average molecular weight is 342 g/mol. The standard InChI is InChI=1S/C16H14ClF2NOS/c1-10(12-7-6-11(18)8-14(12)19)20-16(21)9-22-15-5-3-2-4-13(15)17/h2-8,10H,9H2,1H3,(H,20,21)/t10-/m1/s1. The molecule has 0 aliphatic rings. The number of benzene rings is 2. The van der Waals surface area contributed by atoms with Gasteiger partial charge >= 0.3 is 0 Å². The smallest absolute Gasteiger partial charge is 0.230 e. The number of carbonyl (C=O) groups is 1. The summed E-state index contributed by atoms with van der Waals surface area (Å²) >= 11 is 7.31. The third kappa shape index (κ3) is 4.45. The van der Waals surface area contributed by atoms with E-state index in [0.29, 0.717) is 5.02 Å². The Morgan fingerprint density at radius 3 is 2.68 bits per heavy atom. The summed E-state index contributed by atoms with van der Waals surface area (Å²) in [5.74, 6) is -1.40. The van der Waals surface area contributed by atoms with E-state index in [-0.39, 0.29) is 17.2 Å². The molecule has 2 aromatic carbocycles. The molecule has 0 unspecified atom stereocenters. The summed E-state index contributed by atoms with van der Waals surface area (Å²) in [7, 11) is 0. The highest BCUT2D eigenvalue weighted by molar-refractivity contribution is 8.00. The Balaban J connectivity index is 1.93. The minimum atomic E-state index is -0.674. The Labute approximate surface area is 136 Å². The van der Waals surface area contributed by atoms with Crippen LogP contribution in [0.5, 0.6) is 0 Å². The first-order valence-electron chi connectivity index (χ1n) is 6.59. The summed E-state index contributed by atoms with van der Waals surface area (Å²) in [5.41, 5.74) is 0.248. The number of amides is 1. The summed E-state index contributed by atoms with van der Waals surface area (Å²) in [5, 5.41) is 3.26. The molecular formula is C16H14ClF2NOS. The van der Waals surface area contributed by atoms with Gasteiger partial charge in [0, 0.05) is 16.5 Å². The van der Waals surface area contributed by atoms with Gasteiger partial charge in [0.05, 0.1) is 16.8 Å². The first-order valence-corrected chi connectivity index (χ1v) is 7.95. The van der Waals surface area contributed by atoms with E-state index in [2.05, 4.69) is 5.32 Å². The van der Waals surface area contributed by atoms with Crippen LogP contribution in [0.2, 0.25) is 5.02 Å². The van der Waals surface area contributed by atoms with Gasteiger partial charge in [-0.15, -0.1) is 11.8 Å². The third-order valence-corrected chi connectivity index (χ3v) is 4.52. The van der Waals surface area contributed by atoms with Crippen LogP contribution in [0, 0.1) is 11.6 Å². The largest absolute Gasteiger partial charge is 0.349 e. The zero-order valence-corrected chi connectivity index (χ0v) is 13.3. The predicted octanol–water partition coefficient (Wildman–Crippen LogP) is 4.59. The molecule has 0 aromatic heterocycles. The highest BCUT2D eigenvalue weighted by Crippen LogP contribution is 2.26. The van der Waals surface area contributed by atoms with Crippen molar-refractivity contribution in [2.24, 2.45) is 0 Å². The van der Waals surface area contributed by atoms with Crippen molar-refractivity contribution < 1.29 is 13.6 Å². The van der Waals surface area contributed by atoms with Crippen molar-refractivity contribution in [3.8, 4) is 0 Å². The SMILES string of the molecule is C[C@@H](NC(=O)CSc1ccccc1Cl)c1ccc(F)cc1F. The van der Waals surface area contributed by atoms with Gasteiger partial charge in [-0.3, -0.25) is 4.79 Å². The fourth-order valence-corrected chi connectivity index (χ4v) is 2.97. The molecule has 2 aromatic rings. The van der Waals surface area contributed by atoms with Crippen molar-refractivity contribution in [3.05, 3.63) is 64.7 Å². The van der Waals surface area contributed by atoms with Crippen molar-refractivity contribution >= 4 is 29.3 Å². The van der Waals surface area contributed by atoms with Crippen LogP contribution in [-0.2, 0) is 4.79 Å². The minimum absolute atomic E-state index is 0.164. The highest BCUT2D eigenvalue weighted by Gasteiger charge is 2.14. The van der Waals surface area contributed by atoms with Crippen molar-refractivity contribution in [2.75, 3.05) is 5.75 Å². The average Bonchev–Trinajstić information content (AvgIpc) is 2.46. The van der Waals surface area contributed by atoms with Gasteiger partial charge in [0.15, 0.2) is 0 Å². The zero-order chi connectivity index (χ0) is 16.1. The quantitative estimate of drug-likeness (QED) is 0.806. The Morgan fingerprint density at radius 1 is 1.27 bits per heavy atom. The van der Waals surface area contributed by atoms with Gasteiger partial charge in [0.2, 0.25) is 5.91 Å². The summed E-state index contributed by atoms with van der Waals surface area (Å²) in [4.78, 5) is 12.7. The van der Waals surface area contributed by atoms with Crippen LogP contribution in [0.4, 0.5) is 8.78 Å². The summed E-state index contributed by atoms with van der Waals surface area (Å²) in [6, 6.07) is 9.98. The molecule has 1 atom stereocenters. The molecule has 0 heterocycles. The predicted molar refractivity (Wildman–Crippen MR) is 85.1 cm³/mol. The lowest BCUT2D eigenvalue weighted by Gasteiger charge is -2.15. The fraction of sp³-hybridized carbons (Fsp3) is 0.188. The number of hydrogen-bond acceptors (Lipinski definition) is 2. The van der Waals surface area contributed by atoms with Gasteiger partial charge in [-0.05, 0) is 25.1 Å². The van der Waals surface area contributed by atoms with E-state index in [1.165, 1.54) is 23.9 Å². The maximum Gasteiger partial charge on any atom is 0.230 e. The normalized spacial score (nSPS) is 12.0. The molecule has 0 spiro atoms. The second kappa shape index (κ2) is 7.61. The Bertz CT molecular complexity index is 681. The van der Waals surface area contributed by atoms with Crippen LogP contribution in [0.1, 0.15) is 18.5 Å². The van der Waals surface area contributed by atoms with E-state index in [9.17, 15) is 13.6 Å². The number of nitrogens with one attached hydrogen (secondary N) is 1. The summed E-state index contributed by atoms with van der Waals surface area (Å²) in [6.07, 6.45) is 0. The molecule has 0 aliphatic carbocycles. The van der Waals surface area contributed by atoms with Crippen molar-refractivity contribution in [1.82, 2.24) is 5.32 Å². The van der Waals surface area contributed by atoms with E-state index in [0.717, 1.165) is 11.0 Å². The first-order chi connectivity index (χ1) is 10.5. The monoisotopic (exact) mass is 341 g/mol. The molecule has 6 heteroatoms. The van der Waals surface area contributed by atoms with Crippen molar-refractivity contribution in [2.45, 2.75) is 17.9 Å². The molecule has 0 fully saturated rings. The lowest BCUT2D eigenvalue weighted by atomic mass is 10.1. The second-order valence-electron chi connectivity index (χ2n) is 4.67. The van der Waals surface area contributed by atoms with Gasteiger partial charge in [-0.25, -0.2) is 8.78 Å². The van der Waals surface area contributed by atoms with E-state index in [1.807, 2.05) is 18.2 Å². The molecule has 0 radical (unpaired) electrons. The Hall–Kier alpha value is -1.59. The van der Waals surface area contributed by atoms with Gasteiger partial charge in [0.25, 0.3) is 0 Å². The van der Waals surface area contributed by atoms with Crippen LogP contribution in [0.3, 0.4) is 0 Å². The Morgan fingerprint density at radius 2 is 2.00 bits per heavy atom. The minimum Gasteiger partial charge on any atom is -0.349 e. The van der Waals surface area contributed by atoms with Crippen LogP contribution >= 0.6 is 23.4 Å². The molecule has 116 valence electrons. The molecular weight excluding hydrogens is 328 g/mol. The number of carbonyl (C=O) groups excluding carboxylic acids is 1. The molecule has 22 heavy (non-hydrogen) atoms. The van der Waals surface area contributed by atoms with Gasteiger partial charge < -0.3 is 5.32 Å². The molecule has 2 nitrogen and oxygen atoms in total. The number of rotatable bonds is 5. The molecule has 0 bridgehead atoms. The van der Waals surface area contributed by atoms with Crippen LogP contribution in [0.15, 0.2) is 47.4 Å². The van der Waals surface area contributed by atoms with Gasteiger partial charge in [-0.1, -0.05) is 29.8 Å². The van der Waals surface area contributed by atoms with Crippen molar-refractivity contribution in [3.63, 3.8) is 0 Å².